The Morgan fingerprint density at radius 1 is 1.50 bits per heavy atom. The summed E-state index contributed by atoms with van der Waals surface area (Å²) in [5, 5.41) is 13.3. The molecule has 94 valence electrons. The molecule has 0 bridgehead atoms. The van der Waals surface area contributed by atoms with Gasteiger partial charge in [0.1, 0.15) is 11.4 Å². The van der Waals surface area contributed by atoms with Gasteiger partial charge in [0.25, 0.3) is 0 Å². The van der Waals surface area contributed by atoms with Gasteiger partial charge in [0, 0.05) is 18.0 Å². The molecule has 2 rings (SSSR count). The second-order valence-electron chi connectivity index (χ2n) is 3.69. The Kier molecular flexibility index (Phi) is 3.25. The van der Waals surface area contributed by atoms with Crippen LogP contribution in [0.5, 0.6) is 5.75 Å². The SMILES string of the molecule is COc1cc(Cl)c(C(=O)O)cc1-n1nccc1C. The van der Waals surface area contributed by atoms with Crippen molar-refractivity contribution in [1.29, 1.82) is 0 Å². The van der Waals surface area contributed by atoms with Crippen molar-refractivity contribution in [2.75, 3.05) is 7.11 Å². The summed E-state index contributed by atoms with van der Waals surface area (Å²) in [6.07, 6.45) is 1.63. The van der Waals surface area contributed by atoms with Crippen LogP contribution in [0.25, 0.3) is 5.69 Å². The molecule has 5 nitrogen and oxygen atoms in total. The minimum Gasteiger partial charge on any atom is -0.494 e. The van der Waals surface area contributed by atoms with E-state index in [4.69, 9.17) is 21.4 Å². The second kappa shape index (κ2) is 4.70. The maximum absolute atomic E-state index is 11.1. The van der Waals surface area contributed by atoms with E-state index < -0.39 is 5.97 Å². The number of aromatic carboxylic acids is 1. The number of aryl methyl sites for hydroxylation is 1. The fourth-order valence-corrected chi connectivity index (χ4v) is 1.89. The number of hydrogen-bond acceptors (Lipinski definition) is 3. The van der Waals surface area contributed by atoms with E-state index in [1.54, 1.807) is 10.9 Å². The molecule has 0 saturated heterocycles. The molecule has 0 atom stereocenters. The molecule has 0 amide bonds. The highest BCUT2D eigenvalue weighted by molar-refractivity contribution is 6.33. The van der Waals surface area contributed by atoms with Crippen molar-refractivity contribution in [1.82, 2.24) is 9.78 Å². The average molecular weight is 267 g/mol. The molecule has 0 radical (unpaired) electrons. The molecule has 1 aromatic carbocycles. The summed E-state index contributed by atoms with van der Waals surface area (Å²) < 4.78 is 6.80. The summed E-state index contributed by atoms with van der Waals surface area (Å²) in [4.78, 5) is 11.1. The van der Waals surface area contributed by atoms with Crippen LogP contribution in [-0.4, -0.2) is 28.0 Å². The molecule has 1 N–H and O–H groups in total. The number of aromatic nitrogens is 2. The van der Waals surface area contributed by atoms with E-state index in [1.807, 2.05) is 13.0 Å². The van der Waals surface area contributed by atoms with Crippen molar-refractivity contribution in [3.05, 3.63) is 40.7 Å². The predicted molar refractivity (Wildman–Crippen MR) is 66.8 cm³/mol. The Hall–Kier alpha value is -2.01. The van der Waals surface area contributed by atoms with Gasteiger partial charge in [-0.3, -0.25) is 0 Å². The van der Waals surface area contributed by atoms with Gasteiger partial charge in [-0.05, 0) is 19.1 Å². The highest BCUT2D eigenvalue weighted by Crippen LogP contribution is 2.30. The molecule has 1 heterocycles. The number of hydrogen-bond donors (Lipinski definition) is 1. The third-order valence-electron chi connectivity index (χ3n) is 2.56. The van der Waals surface area contributed by atoms with E-state index in [0.717, 1.165) is 5.69 Å². The number of carbonyl (C=O) groups is 1. The van der Waals surface area contributed by atoms with Gasteiger partial charge in [-0.25, -0.2) is 9.48 Å². The summed E-state index contributed by atoms with van der Waals surface area (Å²) in [6.45, 7) is 1.86. The topological polar surface area (TPSA) is 64.3 Å². The minimum atomic E-state index is -1.09. The Morgan fingerprint density at radius 3 is 2.72 bits per heavy atom. The lowest BCUT2D eigenvalue weighted by atomic mass is 10.2. The zero-order chi connectivity index (χ0) is 13.3. The van der Waals surface area contributed by atoms with Crippen LogP contribution < -0.4 is 4.74 Å². The van der Waals surface area contributed by atoms with Crippen molar-refractivity contribution >= 4 is 17.6 Å². The number of carboxylic acid groups (broad SMARTS) is 1. The van der Waals surface area contributed by atoms with E-state index in [1.165, 1.54) is 19.2 Å². The number of benzene rings is 1. The van der Waals surface area contributed by atoms with Crippen LogP contribution in [0.2, 0.25) is 5.02 Å². The van der Waals surface area contributed by atoms with Gasteiger partial charge >= 0.3 is 5.97 Å². The van der Waals surface area contributed by atoms with Crippen LogP contribution >= 0.6 is 11.6 Å². The molecule has 0 unspecified atom stereocenters. The van der Waals surface area contributed by atoms with Gasteiger partial charge in [-0.2, -0.15) is 5.10 Å². The number of nitrogens with zero attached hydrogens (tertiary/aromatic N) is 2. The fourth-order valence-electron chi connectivity index (χ4n) is 1.66. The lowest BCUT2D eigenvalue weighted by Crippen LogP contribution is -2.05. The maximum Gasteiger partial charge on any atom is 0.337 e. The first-order chi connectivity index (χ1) is 8.54. The normalized spacial score (nSPS) is 10.4. The first kappa shape index (κ1) is 12.4. The van der Waals surface area contributed by atoms with Crippen molar-refractivity contribution in [2.45, 2.75) is 6.92 Å². The fraction of sp³-hybridized carbons (Fsp3) is 0.167. The van der Waals surface area contributed by atoms with Crippen LogP contribution in [0.1, 0.15) is 16.1 Å². The Balaban J connectivity index is 2.69. The standard InChI is InChI=1S/C12H11ClN2O3/c1-7-3-4-14-15(7)10-5-8(12(16)17)9(13)6-11(10)18-2/h3-6H,1-2H3,(H,16,17). The maximum atomic E-state index is 11.1. The number of rotatable bonds is 3. The van der Waals surface area contributed by atoms with Gasteiger partial charge in [0.2, 0.25) is 0 Å². The number of methoxy groups -OCH3 is 1. The van der Waals surface area contributed by atoms with Crippen molar-refractivity contribution in [2.24, 2.45) is 0 Å². The zero-order valence-corrected chi connectivity index (χ0v) is 10.6. The summed E-state index contributed by atoms with van der Waals surface area (Å²) in [7, 11) is 1.49. The molecule has 2 aromatic rings. The first-order valence-electron chi connectivity index (χ1n) is 5.16. The summed E-state index contributed by atoms with van der Waals surface area (Å²) >= 11 is 5.89. The number of carboxylic acids is 1. The minimum absolute atomic E-state index is 0.0161. The second-order valence-corrected chi connectivity index (χ2v) is 4.10. The van der Waals surface area contributed by atoms with Crippen molar-refractivity contribution in [3.63, 3.8) is 0 Å². The van der Waals surface area contributed by atoms with Crippen LogP contribution in [0.15, 0.2) is 24.4 Å². The largest absolute Gasteiger partial charge is 0.494 e. The van der Waals surface area contributed by atoms with Gasteiger partial charge in [-0.15, -0.1) is 0 Å². The van der Waals surface area contributed by atoms with E-state index in [9.17, 15) is 4.79 Å². The lowest BCUT2D eigenvalue weighted by molar-refractivity contribution is 0.0697. The Labute approximate surface area is 109 Å². The van der Waals surface area contributed by atoms with Crippen LogP contribution in [0.4, 0.5) is 0 Å². The summed E-state index contributed by atoms with van der Waals surface area (Å²) in [5.41, 5.74) is 1.43. The van der Waals surface area contributed by atoms with Crippen molar-refractivity contribution < 1.29 is 14.6 Å². The van der Waals surface area contributed by atoms with E-state index in [-0.39, 0.29) is 10.6 Å². The third kappa shape index (κ3) is 2.04. The van der Waals surface area contributed by atoms with Gasteiger partial charge in [-0.1, -0.05) is 11.6 Å². The van der Waals surface area contributed by atoms with E-state index in [0.29, 0.717) is 11.4 Å². The highest BCUT2D eigenvalue weighted by atomic mass is 35.5. The number of halogens is 1. The molecule has 0 spiro atoms. The lowest BCUT2D eigenvalue weighted by Gasteiger charge is -2.12. The molecule has 0 aliphatic heterocycles. The molecule has 0 aliphatic carbocycles. The van der Waals surface area contributed by atoms with Crippen LogP contribution in [0, 0.1) is 6.92 Å². The summed E-state index contributed by atoms with van der Waals surface area (Å²) in [5.74, 6) is -0.620. The molecule has 1 aromatic heterocycles. The van der Waals surface area contributed by atoms with Gasteiger partial charge in [0.05, 0.1) is 17.7 Å². The molecular formula is C12H11ClN2O3. The predicted octanol–water partition coefficient (Wildman–Crippen LogP) is 2.54. The third-order valence-corrected chi connectivity index (χ3v) is 2.87. The van der Waals surface area contributed by atoms with Gasteiger partial charge in [0.15, 0.2) is 0 Å². The number of ether oxygens (including phenoxy) is 1. The van der Waals surface area contributed by atoms with Gasteiger partial charge < -0.3 is 9.84 Å². The molecule has 18 heavy (non-hydrogen) atoms. The Bertz CT molecular complexity index is 607. The Morgan fingerprint density at radius 2 is 2.22 bits per heavy atom. The van der Waals surface area contributed by atoms with Crippen LogP contribution in [-0.2, 0) is 0 Å². The monoisotopic (exact) mass is 266 g/mol. The van der Waals surface area contributed by atoms with E-state index >= 15 is 0 Å². The average Bonchev–Trinajstić information content (AvgIpc) is 2.74. The van der Waals surface area contributed by atoms with E-state index in [2.05, 4.69) is 5.10 Å². The highest BCUT2D eigenvalue weighted by Gasteiger charge is 2.16. The molecule has 0 aliphatic rings. The zero-order valence-electron chi connectivity index (χ0n) is 9.85. The molecule has 6 heteroatoms. The first-order valence-corrected chi connectivity index (χ1v) is 5.54. The molecule has 0 fully saturated rings. The molecule has 0 saturated carbocycles. The summed E-state index contributed by atoms with van der Waals surface area (Å²) in [6, 6.07) is 4.74. The van der Waals surface area contributed by atoms with Crippen molar-refractivity contribution in [3.8, 4) is 11.4 Å². The van der Waals surface area contributed by atoms with Crippen LogP contribution in [0.3, 0.4) is 0 Å². The smallest absolute Gasteiger partial charge is 0.337 e. The quantitative estimate of drug-likeness (QED) is 0.927. The molecular weight excluding hydrogens is 256 g/mol.